The fourth-order valence-corrected chi connectivity index (χ4v) is 2.00. The molecule has 0 fully saturated rings. The van der Waals surface area contributed by atoms with Gasteiger partial charge in [-0.15, -0.1) is 0 Å². The molecular weight excluding hydrogens is 302 g/mol. The standard InChI is InChI=1S/C17H14ClNO3/c1-11-2-4-12(5-3-11)6-9-16(20)19-15-8-7-13(18)10-14(15)17(21)22/h2-10H,1H3,(H,19,20)(H,21,22). The summed E-state index contributed by atoms with van der Waals surface area (Å²) >= 11 is 5.76. The molecule has 0 unspecified atom stereocenters. The van der Waals surface area contributed by atoms with Gasteiger partial charge in [0.1, 0.15) is 0 Å². The molecule has 0 aliphatic heterocycles. The van der Waals surface area contributed by atoms with Crippen LogP contribution >= 0.6 is 11.6 Å². The summed E-state index contributed by atoms with van der Waals surface area (Å²) in [5, 5.41) is 11.9. The van der Waals surface area contributed by atoms with Crippen LogP contribution in [0, 0.1) is 6.92 Å². The molecule has 0 aliphatic carbocycles. The largest absolute Gasteiger partial charge is 0.478 e. The maximum absolute atomic E-state index is 11.9. The minimum atomic E-state index is -1.15. The highest BCUT2D eigenvalue weighted by atomic mass is 35.5. The van der Waals surface area contributed by atoms with Crippen LogP contribution in [-0.4, -0.2) is 17.0 Å². The van der Waals surface area contributed by atoms with Crippen LogP contribution in [0.4, 0.5) is 5.69 Å². The molecule has 0 aliphatic rings. The van der Waals surface area contributed by atoms with Crippen LogP contribution in [-0.2, 0) is 4.79 Å². The average Bonchev–Trinajstić information content (AvgIpc) is 2.48. The monoisotopic (exact) mass is 315 g/mol. The van der Waals surface area contributed by atoms with Crippen LogP contribution in [0.2, 0.25) is 5.02 Å². The van der Waals surface area contributed by atoms with Gasteiger partial charge in [0, 0.05) is 11.1 Å². The Bertz CT molecular complexity index is 736. The van der Waals surface area contributed by atoms with E-state index in [0.717, 1.165) is 11.1 Å². The number of anilines is 1. The zero-order valence-corrected chi connectivity index (χ0v) is 12.6. The van der Waals surface area contributed by atoms with Gasteiger partial charge in [-0.25, -0.2) is 4.79 Å². The van der Waals surface area contributed by atoms with Crippen molar-refractivity contribution in [2.24, 2.45) is 0 Å². The van der Waals surface area contributed by atoms with E-state index in [1.54, 1.807) is 6.08 Å². The summed E-state index contributed by atoms with van der Waals surface area (Å²) in [4.78, 5) is 23.0. The van der Waals surface area contributed by atoms with Gasteiger partial charge in [-0.2, -0.15) is 0 Å². The van der Waals surface area contributed by atoms with Gasteiger partial charge in [0.15, 0.2) is 0 Å². The molecule has 0 heterocycles. The van der Waals surface area contributed by atoms with Crippen LogP contribution in [0.15, 0.2) is 48.5 Å². The van der Waals surface area contributed by atoms with E-state index in [4.69, 9.17) is 16.7 Å². The minimum Gasteiger partial charge on any atom is -0.478 e. The molecule has 1 amide bonds. The molecular formula is C17H14ClNO3. The number of carbonyl (C=O) groups is 2. The van der Waals surface area contributed by atoms with Crippen LogP contribution in [0.1, 0.15) is 21.5 Å². The first-order valence-corrected chi connectivity index (χ1v) is 6.92. The summed E-state index contributed by atoms with van der Waals surface area (Å²) in [6.45, 7) is 1.98. The normalized spacial score (nSPS) is 10.6. The first-order chi connectivity index (χ1) is 10.5. The number of halogens is 1. The quantitative estimate of drug-likeness (QED) is 0.838. The van der Waals surface area contributed by atoms with Crippen molar-refractivity contribution in [2.45, 2.75) is 6.92 Å². The second kappa shape index (κ2) is 6.91. The van der Waals surface area contributed by atoms with E-state index in [9.17, 15) is 9.59 Å². The third-order valence-corrected chi connectivity index (χ3v) is 3.21. The van der Waals surface area contributed by atoms with Gasteiger partial charge in [0.25, 0.3) is 0 Å². The van der Waals surface area contributed by atoms with E-state index < -0.39 is 11.9 Å². The Kier molecular flexibility index (Phi) is 4.96. The van der Waals surface area contributed by atoms with E-state index in [-0.39, 0.29) is 11.3 Å². The molecule has 0 saturated carbocycles. The Hall–Kier alpha value is -2.59. The zero-order chi connectivity index (χ0) is 16.1. The summed E-state index contributed by atoms with van der Waals surface area (Å²) in [5.74, 6) is -1.56. The van der Waals surface area contributed by atoms with Crippen molar-refractivity contribution in [1.82, 2.24) is 0 Å². The summed E-state index contributed by atoms with van der Waals surface area (Å²) in [6, 6.07) is 12.0. The fraction of sp³-hybridized carbons (Fsp3) is 0.0588. The molecule has 2 rings (SSSR count). The topological polar surface area (TPSA) is 66.4 Å². The van der Waals surface area contributed by atoms with Crippen LogP contribution in [0.25, 0.3) is 6.08 Å². The molecule has 0 spiro atoms. The Morgan fingerprint density at radius 2 is 1.82 bits per heavy atom. The predicted octanol–water partition coefficient (Wildman–Crippen LogP) is 4.00. The lowest BCUT2D eigenvalue weighted by atomic mass is 10.1. The number of nitrogens with one attached hydrogen (secondary N) is 1. The predicted molar refractivity (Wildman–Crippen MR) is 87.3 cm³/mol. The van der Waals surface area contributed by atoms with Crippen molar-refractivity contribution in [3.05, 3.63) is 70.3 Å². The molecule has 0 aromatic heterocycles. The number of aromatic carboxylic acids is 1. The van der Waals surface area contributed by atoms with Crippen molar-refractivity contribution < 1.29 is 14.7 Å². The lowest BCUT2D eigenvalue weighted by Gasteiger charge is -2.06. The number of carboxylic acids is 1. The molecule has 2 aromatic rings. The highest BCUT2D eigenvalue weighted by molar-refractivity contribution is 6.31. The third-order valence-electron chi connectivity index (χ3n) is 2.97. The Morgan fingerprint density at radius 3 is 2.45 bits per heavy atom. The van der Waals surface area contributed by atoms with Crippen LogP contribution in [0.3, 0.4) is 0 Å². The Balaban J connectivity index is 2.12. The van der Waals surface area contributed by atoms with Gasteiger partial charge >= 0.3 is 5.97 Å². The lowest BCUT2D eigenvalue weighted by molar-refractivity contribution is -0.111. The fourth-order valence-electron chi connectivity index (χ4n) is 1.83. The van der Waals surface area contributed by atoms with Crippen LogP contribution < -0.4 is 5.32 Å². The number of carboxylic acid groups (broad SMARTS) is 1. The number of benzene rings is 2. The van der Waals surface area contributed by atoms with Crippen molar-refractivity contribution >= 4 is 35.2 Å². The van der Waals surface area contributed by atoms with E-state index in [1.165, 1.54) is 24.3 Å². The van der Waals surface area contributed by atoms with E-state index in [2.05, 4.69) is 5.32 Å². The van der Waals surface area contributed by atoms with Crippen molar-refractivity contribution in [3.63, 3.8) is 0 Å². The molecule has 4 nitrogen and oxygen atoms in total. The second-order valence-electron chi connectivity index (χ2n) is 4.73. The van der Waals surface area contributed by atoms with Gasteiger partial charge in [0.05, 0.1) is 11.3 Å². The molecule has 0 atom stereocenters. The third kappa shape index (κ3) is 4.20. The number of aryl methyl sites for hydroxylation is 1. The molecule has 0 saturated heterocycles. The van der Waals surface area contributed by atoms with Gasteiger partial charge < -0.3 is 10.4 Å². The highest BCUT2D eigenvalue weighted by Crippen LogP contribution is 2.20. The van der Waals surface area contributed by atoms with Crippen LogP contribution in [0.5, 0.6) is 0 Å². The molecule has 5 heteroatoms. The Labute approximate surface area is 133 Å². The molecule has 0 bridgehead atoms. The number of hydrogen-bond acceptors (Lipinski definition) is 2. The minimum absolute atomic E-state index is 0.0513. The summed E-state index contributed by atoms with van der Waals surface area (Å²) < 4.78 is 0. The first-order valence-electron chi connectivity index (χ1n) is 6.54. The Morgan fingerprint density at radius 1 is 1.14 bits per heavy atom. The zero-order valence-electron chi connectivity index (χ0n) is 11.8. The van der Waals surface area contributed by atoms with E-state index in [0.29, 0.717) is 5.02 Å². The average molecular weight is 316 g/mol. The maximum Gasteiger partial charge on any atom is 0.337 e. The van der Waals surface area contributed by atoms with Crippen molar-refractivity contribution in [2.75, 3.05) is 5.32 Å². The molecule has 2 aromatic carbocycles. The van der Waals surface area contributed by atoms with Gasteiger partial charge in [-0.05, 0) is 36.8 Å². The maximum atomic E-state index is 11.9. The number of carbonyl (C=O) groups excluding carboxylic acids is 1. The van der Waals surface area contributed by atoms with Crippen molar-refractivity contribution in [3.8, 4) is 0 Å². The number of amides is 1. The molecule has 112 valence electrons. The van der Waals surface area contributed by atoms with Gasteiger partial charge in [0.2, 0.25) is 5.91 Å². The lowest BCUT2D eigenvalue weighted by Crippen LogP contribution is -2.12. The highest BCUT2D eigenvalue weighted by Gasteiger charge is 2.12. The SMILES string of the molecule is Cc1ccc(C=CC(=O)Nc2ccc(Cl)cc2C(=O)O)cc1. The summed E-state index contributed by atoms with van der Waals surface area (Å²) in [7, 11) is 0. The smallest absolute Gasteiger partial charge is 0.337 e. The molecule has 22 heavy (non-hydrogen) atoms. The second-order valence-corrected chi connectivity index (χ2v) is 5.16. The van der Waals surface area contributed by atoms with Gasteiger partial charge in [-0.1, -0.05) is 41.4 Å². The summed E-state index contributed by atoms with van der Waals surface area (Å²) in [6.07, 6.45) is 3.01. The van der Waals surface area contributed by atoms with E-state index in [1.807, 2.05) is 31.2 Å². The van der Waals surface area contributed by atoms with E-state index >= 15 is 0 Å². The number of hydrogen-bond donors (Lipinski definition) is 2. The number of rotatable bonds is 4. The van der Waals surface area contributed by atoms with Crippen molar-refractivity contribution in [1.29, 1.82) is 0 Å². The molecule has 0 radical (unpaired) electrons. The summed E-state index contributed by atoms with van der Waals surface area (Å²) in [5.41, 5.74) is 2.17. The van der Waals surface area contributed by atoms with Gasteiger partial charge in [-0.3, -0.25) is 4.79 Å². The first kappa shape index (κ1) is 15.8. The molecule has 2 N–H and O–H groups in total.